The maximum absolute atomic E-state index is 13.1. The summed E-state index contributed by atoms with van der Waals surface area (Å²) in [6.07, 6.45) is 4.74. The Morgan fingerprint density at radius 1 is 1.50 bits per heavy atom. The standard InChI is InChI=1S/C14H14BrFO2/c1-3-18-14(17)6-4-5-10(2)11-7-8-13(16)12(15)9-11/h4-9H,3H2,1-2H3. The highest BCUT2D eigenvalue weighted by Gasteiger charge is 2.01. The summed E-state index contributed by atoms with van der Waals surface area (Å²) in [5.41, 5.74) is 1.81. The lowest BCUT2D eigenvalue weighted by Gasteiger charge is -2.02. The van der Waals surface area contributed by atoms with Crippen molar-refractivity contribution in [2.45, 2.75) is 13.8 Å². The zero-order valence-corrected chi connectivity index (χ0v) is 11.8. The number of ether oxygens (including phenoxy) is 1. The van der Waals surface area contributed by atoms with Crippen LogP contribution < -0.4 is 0 Å². The monoisotopic (exact) mass is 312 g/mol. The number of halogens is 2. The first-order valence-corrected chi connectivity index (χ1v) is 6.31. The predicted octanol–water partition coefficient (Wildman–Crippen LogP) is 4.11. The molecule has 18 heavy (non-hydrogen) atoms. The van der Waals surface area contributed by atoms with Gasteiger partial charge in [-0.1, -0.05) is 18.2 Å². The second kappa shape index (κ2) is 7.11. The number of hydrogen-bond donors (Lipinski definition) is 0. The molecule has 2 nitrogen and oxygen atoms in total. The van der Waals surface area contributed by atoms with Crippen LogP contribution in [0.2, 0.25) is 0 Å². The van der Waals surface area contributed by atoms with E-state index in [0.717, 1.165) is 11.1 Å². The lowest BCUT2D eigenvalue weighted by Crippen LogP contribution is -1.98. The molecule has 4 heteroatoms. The fourth-order valence-electron chi connectivity index (χ4n) is 1.30. The highest BCUT2D eigenvalue weighted by atomic mass is 79.9. The van der Waals surface area contributed by atoms with Crippen LogP contribution in [0.1, 0.15) is 19.4 Å². The molecule has 0 bridgehead atoms. The van der Waals surface area contributed by atoms with E-state index < -0.39 is 0 Å². The molecule has 0 atom stereocenters. The molecule has 0 radical (unpaired) electrons. The molecule has 0 aliphatic heterocycles. The lowest BCUT2D eigenvalue weighted by atomic mass is 10.1. The van der Waals surface area contributed by atoms with Crippen LogP contribution >= 0.6 is 15.9 Å². The summed E-state index contributed by atoms with van der Waals surface area (Å²) in [6, 6.07) is 4.77. The van der Waals surface area contributed by atoms with Crippen molar-refractivity contribution < 1.29 is 13.9 Å². The van der Waals surface area contributed by atoms with Gasteiger partial charge in [-0.2, -0.15) is 0 Å². The lowest BCUT2D eigenvalue weighted by molar-refractivity contribution is -0.137. The van der Waals surface area contributed by atoms with Gasteiger partial charge in [0.1, 0.15) is 5.82 Å². The van der Waals surface area contributed by atoms with Crippen molar-refractivity contribution in [2.24, 2.45) is 0 Å². The molecule has 0 aliphatic carbocycles. The minimum Gasteiger partial charge on any atom is -0.463 e. The second-order valence-electron chi connectivity index (χ2n) is 3.59. The molecule has 0 unspecified atom stereocenters. The normalized spacial score (nSPS) is 11.9. The topological polar surface area (TPSA) is 26.3 Å². The Morgan fingerprint density at radius 2 is 2.22 bits per heavy atom. The zero-order valence-electron chi connectivity index (χ0n) is 10.2. The Morgan fingerprint density at radius 3 is 2.83 bits per heavy atom. The van der Waals surface area contributed by atoms with Crippen LogP contribution in [0.15, 0.2) is 40.9 Å². The van der Waals surface area contributed by atoms with Crippen LogP contribution in [0, 0.1) is 5.82 Å². The van der Waals surface area contributed by atoms with E-state index >= 15 is 0 Å². The minimum absolute atomic E-state index is 0.298. The molecule has 1 aromatic rings. The van der Waals surface area contributed by atoms with Crippen LogP contribution in [0.5, 0.6) is 0 Å². The van der Waals surface area contributed by atoms with Gasteiger partial charge >= 0.3 is 5.97 Å². The van der Waals surface area contributed by atoms with Crippen molar-refractivity contribution >= 4 is 27.5 Å². The molecule has 0 heterocycles. The van der Waals surface area contributed by atoms with Gasteiger partial charge in [0.25, 0.3) is 0 Å². The first-order chi connectivity index (χ1) is 8.54. The minimum atomic E-state index is -0.373. The van der Waals surface area contributed by atoms with Gasteiger partial charge in [0.05, 0.1) is 11.1 Å². The zero-order chi connectivity index (χ0) is 13.5. The molecule has 1 aromatic carbocycles. The van der Waals surface area contributed by atoms with Gasteiger partial charge in [0.2, 0.25) is 0 Å². The van der Waals surface area contributed by atoms with Gasteiger partial charge < -0.3 is 4.74 Å². The number of allylic oxidation sites excluding steroid dienone is 3. The molecule has 0 fully saturated rings. The summed E-state index contributed by atoms with van der Waals surface area (Å²) >= 11 is 3.13. The molecule has 0 spiro atoms. The fraction of sp³-hybridized carbons (Fsp3) is 0.214. The van der Waals surface area contributed by atoms with Gasteiger partial charge in [-0.15, -0.1) is 0 Å². The third-order valence-electron chi connectivity index (χ3n) is 2.24. The van der Waals surface area contributed by atoms with Crippen LogP contribution in [-0.2, 0) is 9.53 Å². The van der Waals surface area contributed by atoms with Gasteiger partial charge in [-0.3, -0.25) is 0 Å². The molecule has 0 aromatic heterocycles. The Balaban J connectivity index is 2.77. The Bertz CT molecular complexity index is 493. The summed E-state index contributed by atoms with van der Waals surface area (Å²) < 4.78 is 18.2. The maximum atomic E-state index is 13.1. The summed E-state index contributed by atoms with van der Waals surface area (Å²) in [4.78, 5) is 11.1. The van der Waals surface area contributed by atoms with Gasteiger partial charge in [0, 0.05) is 6.08 Å². The number of benzene rings is 1. The molecule has 96 valence electrons. The van der Waals surface area contributed by atoms with E-state index in [4.69, 9.17) is 4.74 Å². The van der Waals surface area contributed by atoms with E-state index in [-0.39, 0.29) is 11.8 Å². The third kappa shape index (κ3) is 4.45. The first kappa shape index (κ1) is 14.6. The third-order valence-corrected chi connectivity index (χ3v) is 2.85. The molecular formula is C14H14BrFO2. The quantitative estimate of drug-likeness (QED) is 0.475. The molecule has 0 aliphatic rings. The van der Waals surface area contributed by atoms with Crippen LogP contribution in [-0.4, -0.2) is 12.6 Å². The van der Waals surface area contributed by atoms with Crippen molar-refractivity contribution in [3.8, 4) is 0 Å². The Hall–Kier alpha value is -1.42. The Labute approximate surface area is 114 Å². The van der Waals surface area contributed by atoms with E-state index in [1.165, 1.54) is 12.1 Å². The highest BCUT2D eigenvalue weighted by molar-refractivity contribution is 9.10. The van der Waals surface area contributed by atoms with Crippen molar-refractivity contribution in [3.63, 3.8) is 0 Å². The van der Waals surface area contributed by atoms with Crippen molar-refractivity contribution in [1.29, 1.82) is 0 Å². The summed E-state index contributed by atoms with van der Waals surface area (Å²) in [5.74, 6) is -0.671. The summed E-state index contributed by atoms with van der Waals surface area (Å²) in [6.45, 7) is 3.99. The molecular weight excluding hydrogens is 299 g/mol. The smallest absolute Gasteiger partial charge is 0.330 e. The number of carbonyl (C=O) groups excluding carboxylic acids is 1. The maximum Gasteiger partial charge on any atom is 0.330 e. The van der Waals surface area contributed by atoms with Gasteiger partial charge in [-0.05, 0) is 53.0 Å². The number of hydrogen-bond acceptors (Lipinski definition) is 2. The SMILES string of the molecule is CCOC(=O)C=CC=C(C)c1ccc(F)c(Br)c1. The molecule has 0 amide bonds. The van der Waals surface area contributed by atoms with Crippen LogP contribution in [0.3, 0.4) is 0 Å². The van der Waals surface area contributed by atoms with E-state index in [1.807, 2.05) is 6.92 Å². The first-order valence-electron chi connectivity index (χ1n) is 5.51. The fourth-order valence-corrected chi connectivity index (χ4v) is 1.68. The molecule has 0 saturated carbocycles. The van der Waals surface area contributed by atoms with Crippen LogP contribution in [0.4, 0.5) is 4.39 Å². The molecule has 1 rings (SSSR count). The molecule has 0 N–H and O–H groups in total. The van der Waals surface area contributed by atoms with Crippen molar-refractivity contribution in [3.05, 3.63) is 52.3 Å². The van der Waals surface area contributed by atoms with E-state index in [9.17, 15) is 9.18 Å². The summed E-state index contributed by atoms with van der Waals surface area (Å²) in [5, 5.41) is 0. The average molecular weight is 313 g/mol. The molecule has 0 saturated heterocycles. The van der Waals surface area contributed by atoms with Crippen molar-refractivity contribution in [2.75, 3.05) is 6.61 Å². The second-order valence-corrected chi connectivity index (χ2v) is 4.44. The summed E-state index contributed by atoms with van der Waals surface area (Å²) in [7, 11) is 0. The number of esters is 1. The highest BCUT2D eigenvalue weighted by Crippen LogP contribution is 2.21. The van der Waals surface area contributed by atoms with Gasteiger partial charge in [0.15, 0.2) is 0 Å². The predicted molar refractivity (Wildman–Crippen MR) is 73.5 cm³/mol. The number of rotatable bonds is 4. The largest absolute Gasteiger partial charge is 0.463 e. The van der Waals surface area contributed by atoms with E-state index in [0.29, 0.717) is 11.1 Å². The van der Waals surface area contributed by atoms with Gasteiger partial charge in [-0.25, -0.2) is 9.18 Å². The number of carbonyl (C=O) groups is 1. The van der Waals surface area contributed by atoms with E-state index in [2.05, 4.69) is 15.9 Å². The van der Waals surface area contributed by atoms with Crippen molar-refractivity contribution in [1.82, 2.24) is 0 Å². The van der Waals surface area contributed by atoms with E-state index in [1.54, 1.807) is 31.2 Å². The van der Waals surface area contributed by atoms with Crippen LogP contribution in [0.25, 0.3) is 5.57 Å². The average Bonchev–Trinajstić information content (AvgIpc) is 2.33. The Kier molecular flexibility index (Phi) is 5.78.